The molecule has 2 rings (SSSR count). The van der Waals surface area contributed by atoms with Crippen molar-refractivity contribution >= 4 is 0 Å². The van der Waals surface area contributed by atoms with Crippen LogP contribution in [0.2, 0.25) is 0 Å². The molecule has 0 saturated carbocycles. The number of allylic oxidation sites excluding steroid dienone is 8. The zero-order chi connectivity index (χ0) is 11.1. The van der Waals surface area contributed by atoms with Crippen LogP contribution in [0.25, 0.3) is 0 Å². The summed E-state index contributed by atoms with van der Waals surface area (Å²) in [7, 11) is 0. The minimum atomic E-state index is -1.75. The molecule has 0 amide bonds. The van der Waals surface area contributed by atoms with E-state index in [9.17, 15) is 0 Å². The summed E-state index contributed by atoms with van der Waals surface area (Å²) in [5.74, 6) is 0. The second kappa shape index (κ2) is 6.92. The second-order valence-corrected chi connectivity index (χ2v) is 7.82. The molecule has 4 nitrogen and oxygen atoms in total. The van der Waals surface area contributed by atoms with Gasteiger partial charge in [-0.15, -0.1) is 0 Å². The van der Waals surface area contributed by atoms with Gasteiger partial charge in [0.05, 0.1) is 5.09 Å². The van der Waals surface area contributed by atoms with Gasteiger partial charge in [0, 0.05) is 0 Å². The Morgan fingerprint density at radius 1 is 1.07 bits per heavy atom. The molecule has 2 aliphatic rings. The first-order valence-electron chi connectivity index (χ1n) is 4.48. The number of hydrogen-bond acceptors (Lipinski definition) is 3. The van der Waals surface area contributed by atoms with Crippen LogP contribution < -0.4 is 0 Å². The van der Waals surface area contributed by atoms with E-state index in [1.165, 1.54) is 12.8 Å². The molecule has 0 saturated heterocycles. The van der Waals surface area contributed by atoms with Crippen LogP contribution in [-0.4, -0.2) is 5.09 Å². The van der Waals surface area contributed by atoms with E-state index < -0.39 is 42.6 Å². The maximum atomic E-state index is 8.25. The van der Waals surface area contributed by atoms with E-state index in [0.29, 0.717) is 0 Å². The van der Waals surface area contributed by atoms with E-state index in [4.69, 9.17) is 15.3 Å². The van der Waals surface area contributed by atoms with E-state index in [1.54, 1.807) is 2.18 Å². The molecule has 0 aliphatic heterocycles. The fourth-order valence-electron chi connectivity index (χ4n) is 1.29. The smallest absolute Gasteiger partial charge is 0.0689 e. The Hall–Kier alpha value is -0.463. The molecule has 0 aromatic heterocycles. The first-order chi connectivity index (χ1) is 7.18. The van der Waals surface area contributed by atoms with Gasteiger partial charge in [0.25, 0.3) is 0 Å². The van der Waals surface area contributed by atoms with Crippen molar-refractivity contribution in [3.63, 3.8) is 0 Å². The molecule has 0 radical (unpaired) electrons. The predicted octanol–water partition coefficient (Wildman–Crippen LogP) is 2.52. The van der Waals surface area contributed by atoms with Gasteiger partial charge in [-0.1, -0.05) is 0 Å². The van der Waals surface area contributed by atoms with Crippen LogP contribution >= 0.6 is 0 Å². The predicted molar refractivity (Wildman–Crippen MR) is 54.0 cm³/mol. The summed E-state index contributed by atoms with van der Waals surface area (Å²) in [5.41, 5.74) is 0. The standard InChI is InChI=1S/2C5H5.Ce.NO3/c2*1-2-4-5-3-1;;2-1(3)4/h2*1-3H,4H2;;/q;;+1;-1. The molecule has 5 heteroatoms. The minimum Gasteiger partial charge on any atom is -0.356 e. The summed E-state index contributed by atoms with van der Waals surface area (Å²) in [6, 6.07) is 0. The van der Waals surface area contributed by atoms with Crippen molar-refractivity contribution in [2.24, 2.45) is 0 Å². The Kier molecular flexibility index (Phi) is 5.81. The van der Waals surface area contributed by atoms with Crippen LogP contribution in [0.5, 0.6) is 0 Å². The molecular formula is C10H10CeNO3. The molecule has 0 N–H and O–H groups in total. The summed E-state index contributed by atoms with van der Waals surface area (Å²) in [6.07, 6.45) is 16.1. The van der Waals surface area contributed by atoms with Crippen LogP contribution in [0.3, 0.4) is 0 Å². The zero-order valence-electron chi connectivity index (χ0n) is 8.05. The fraction of sp³-hybridized carbons (Fsp3) is 0.200. The first-order valence-corrected chi connectivity index (χ1v) is 7.62. The van der Waals surface area contributed by atoms with Crippen LogP contribution in [0, 0.1) is 52.9 Å². The van der Waals surface area contributed by atoms with E-state index >= 15 is 0 Å². The molecule has 0 aromatic rings. The Balaban J connectivity index is 0.000000245. The van der Waals surface area contributed by atoms with Gasteiger partial charge in [0.15, 0.2) is 0 Å². The van der Waals surface area contributed by atoms with Crippen molar-refractivity contribution in [3.8, 4) is 0 Å². The van der Waals surface area contributed by atoms with Crippen molar-refractivity contribution in [1.82, 2.24) is 0 Å². The van der Waals surface area contributed by atoms with E-state index in [1.807, 2.05) is 0 Å². The molecular weight excluding hydrogens is 322 g/mol. The van der Waals surface area contributed by atoms with Gasteiger partial charge < -0.3 is 15.3 Å². The van der Waals surface area contributed by atoms with Crippen molar-refractivity contribution in [1.29, 1.82) is 0 Å². The summed E-state index contributed by atoms with van der Waals surface area (Å²) in [5, 5.41) is 14.8. The fourth-order valence-corrected chi connectivity index (χ4v) is 5.09. The Bertz CT molecular complexity index is 324. The number of hydrogen-bond donors (Lipinski definition) is 0. The van der Waals surface area contributed by atoms with Gasteiger partial charge in [-0.25, -0.2) is 0 Å². The molecule has 0 spiro atoms. The van der Waals surface area contributed by atoms with Crippen molar-refractivity contribution in [2.75, 3.05) is 0 Å². The van der Waals surface area contributed by atoms with Crippen LogP contribution in [0.4, 0.5) is 0 Å². The normalized spacial score (nSPS) is 16.3. The molecule has 0 unspecified atom stereocenters. The summed E-state index contributed by atoms with van der Waals surface area (Å²) in [4.78, 5) is 8.25. The molecule has 77 valence electrons. The third-order valence-electron chi connectivity index (χ3n) is 1.86. The molecule has 0 aromatic carbocycles. The van der Waals surface area contributed by atoms with Crippen molar-refractivity contribution in [3.05, 3.63) is 54.0 Å². The summed E-state index contributed by atoms with van der Waals surface area (Å²) < 4.78 is 3.50. The number of nitrogens with zero attached hydrogens (tertiary/aromatic N) is 1. The number of rotatable bonds is 2. The molecule has 2 aliphatic carbocycles. The van der Waals surface area contributed by atoms with Crippen LogP contribution in [-0.2, 0) is 0 Å². The van der Waals surface area contributed by atoms with E-state index in [2.05, 4.69) is 36.5 Å². The van der Waals surface area contributed by atoms with Crippen molar-refractivity contribution in [2.45, 2.75) is 12.8 Å². The van der Waals surface area contributed by atoms with Gasteiger partial charge in [-0.05, 0) is 0 Å². The van der Waals surface area contributed by atoms with Crippen LogP contribution in [0.1, 0.15) is 12.8 Å². The Labute approximate surface area is 108 Å². The SMILES string of the molecule is C1=CC[C]([Ce+][C]2=CC=CC2)=C1.O=[N+]([O-])[O-]. The minimum absolute atomic E-state index is 0.526. The quantitative estimate of drug-likeness (QED) is 0.576. The zero-order valence-corrected chi connectivity index (χ0v) is 11.2. The first kappa shape index (κ1) is 12.6. The monoisotopic (exact) mass is 332 g/mol. The molecule has 0 atom stereocenters. The van der Waals surface area contributed by atoms with E-state index in [0.717, 1.165) is 0 Å². The molecule has 0 fully saturated rings. The average Bonchev–Trinajstić information content (AvgIpc) is 2.76. The Morgan fingerprint density at radius 2 is 1.47 bits per heavy atom. The maximum Gasteiger partial charge on any atom is 0.0689 e. The third-order valence-corrected chi connectivity index (χ3v) is 6.21. The summed E-state index contributed by atoms with van der Waals surface area (Å²) >= 11 is -0.526. The Morgan fingerprint density at radius 3 is 1.73 bits per heavy atom. The average molecular weight is 332 g/mol. The van der Waals surface area contributed by atoms with Gasteiger partial charge in [0.1, 0.15) is 0 Å². The molecule has 15 heavy (non-hydrogen) atoms. The molecule has 0 heterocycles. The van der Waals surface area contributed by atoms with Gasteiger partial charge in [-0.3, -0.25) is 0 Å². The molecule has 0 bridgehead atoms. The van der Waals surface area contributed by atoms with Gasteiger partial charge in [-0.2, -0.15) is 0 Å². The topological polar surface area (TPSA) is 66.2 Å². The van der Waals surface area contributed by atoms with Crippen molar-refractivity contribution < 1.29 is 42.6 Å². The second-order valence-electron chi connectivity index (χ2n) is 3.00. The summed E-state index contributed by atoms with van der Waals surface area (Å²) in [6.45, 7) is 0. The van der Waals surface area contributed by atoms with Crippen LogP contribution in [0.15, 0.2) is 38.6 Å². The largest absolute Gasteiger partial charge is 0.356 e. The van der Waals surface area contributed by atoms with E-state index in [-0.39, 0.29) is 0 Å². The maximum absolute atomic E-state index is 8.25. The van der Waals surface area contributed by atoms with Gasteiger partial charge in [0.2, 0.25) is 0 Å². The third kappa shape index (κ3) is 5.86. The van der Waals surface area contributed by atoms with Gasteiger partial charge >= 0.3 is 89.0 Å².